The molecule has 0 heterocycles. The first-order valence-corrected chi connectivity index (χ1v) is 5.47. The van der Waals surface area contributed by atoms with Crippen molar-refractivity contribution >= 4 is 12.0 Å². The van der Waals surface area contributed by atoms with Crippen molar-refractivity contribution in [3.05, 3.63) is 0 Å². The van der Waals surface area contributed by atoms with E-state index in [9.17, 15) is 9.59 Å². The molecule has 0 aromatic carbocycles. The van der Waals surface area contributed by atoms with Gasteiger partial charge >= 0.3 is 12.0 Å². The zero-order chi connectivity index (χ0) is 12.1. The molecule has 2 amide bonds. The molecule has 1 rings (SSSR count). The molecule has 1 aliphatic carbocycles. The maximum Gasteiger partial charge on any atom is 0.328 e. The van der Waals surface area contributed by atoms with Crippen molar-refractivity contribution in [3.8, 4) is 0 Å². The minimum absolute atomic E-state index is 0.421. The summed E-state index contributed by atoms with van der Waals surface area (Å²) >= 11 is 0. The quantitative estimate of drug-likeness (QED) is 0.593. The van der Waals surface area contributed by atoms with E-state index in [0.717, 1.165) is 12.8 Å². The van der Waals surface area contributed by atoms with Gasteiger partial charge in [-0.2, -0.15) is 0 Å². The molecule has 1 atom stereocenters. The summed E-state index contributed by atoms with van der Waals surface area (Å²) in [5.41, 5.74) is 0. The van der Waals surface area contributed by atoms with Crippen LogP contribution in [0.25, 0.3) is 0 Å². The Hall–Kier alpha value is -1.30. The van der Waals surface area contributed by atoms with E-state index in [0.29, 0.717) is 19.0 Å². The maximum absolute atomic E-state index is 11.7. The Morgan fingerprint density at radius 3 is 2.50 bits per heavy atom. The summed E-state index contributed by atoms with van der Waals surface area (Å²) in [5, 5.41) is 19.7. The average molecular weight is 230 g/mol. The summed E-state index contributed by atoms with van der Waals surface area (Å²) in [5.74, 6) is -0.665. The number of urea groups is 1. The topological polar surface area (TPSA) is 89.9 Å². The molecular weight excluding hydrogens is 212 g/mol. The Labute approximate surface area is 94.2 Å². The molecule has 92 valence electrons. The van der Waals surface area contributed by atoms with Gasteiger partial charge in [-0.25, -0.2) is 9.59 Å². The maximum atomic E-state index is 11.7. The van der Waals surface area contributed by atoms with Crippen LogP contribution in [0.1, 0.15) is 19.8 Å². The normalized spacial score (nSPS) is 16.6. The van der Waals surface area contributed by atoms with Crippen molar-refractivity contribution in [2.75, 3.05) is 19.7 Å². The number of aliphatic hydroxyl groups is 1. The number of carbonyl (C=O) groups excluding carboxylic acids is 1. The van der Waals surface area contributed by atoms with Crippen LogP contribution in [0.4, 0.5) is 4.79 Å². The minimum Gasteiger partial charge on any atom is -0.480 e. The fraction of sp³-hybridized carbons (Fsp3) is 0.800. The number of carbonyl (C=O) groups is 2. The summed E-state index contributed by atoms with van der Waals surface area (Å²) in [7, 11) is 0. The lowest BCUT2D eigenvalue weighted by atomic mass is 10.3. The van der Waals surface area contributed by atoms with Crippen LogP contribution in [0.15, 0.2) is 0 Å². The molecule has 0 radical (unpaired) electrons. The number of aliphatic hydroxyl groups excluding tert-OH is 1. The van der Waals surface area contributed by atoms with Gasteiger partial charge in [-0.3, -0.25) is 0 Å². The van der Waals surface area contributed by atoms with Gasteiger partial charge in [0.2, 0.25) is 0 Å². The zero-order valence-electron chi connectivity index (χ0n) is 9.35. The van der Waals surface area contributed by atoms with Crippen LogP contribution in [-0.2, 0) is 4.79 Å². The molecule has 0 unspecified atom stereocenters. The molecule has 6 heteroatoms. The lowest BCUT2D eigenvalue weighted by molar-refractivity contribution is -0.140. The number of carboxylic acids is 1. The number of rotatable bonds is 6. The number of aliphatic carboxylic acids is 1. The van der Waals surface area contributed by atoms with Crippen LogP contribution in [0.2, 0.25) is 0 Å². The van der Waals surface area contributed by atoms with Crippen LogP contribution in [0.3, 0.4) is 0 Å². The average Bonchev–Trinajstić information content (AvgIpc) is 3.05. The zero-order valence-corrected chi connectivity index (χ0v) is 9.35. The Bertz CT molecular complexity index is 266. The fourth-order valence-corrected chi connectivity index (χ4v) is 1.39. The molecule has 0 spiro atoms. The predicted octanol–water partition coefficient (Wildman–Crippen LogP) is -0.127. The second-order valence-electron chi connectivity index (χ2n) is 4.00. The number of hydrogen-bond donors (Lipinski definition) is 3. The van der Waals surface area contributed by atoms with Crippen LogP contribution >= 0.6 is 0 Å². The molecule has 0 aliphatic heterocycles. The number of amides is 2. The van der Waals surface area contributed by atoms with E-state index in [-0.39, 0.29) is 0 Å². The second-order valence-corrected chi connectivity index (χ2v) is 4.00. The van der Waals surface area contributed by atoms with Crippen LogP contribution in [0.5, 0.6) is 0 Å². The van der Waals surface area contributed by atoms with Gasteiger partial charge in [0.05, 0.1) is 6.61 Å². The largest absolute Gasteiger partial charge is 0.480 e. The molecule has 0 aromatic heterocycles. The highest BCUT2D eigenvalue weighted by Crippen LogP contribution is 2.29. The van der Waals surface area contributed by atoms with E-state index in [1.807, 2.05) is 6.92 Å². The van der Waals surface area contributed by atoms with Gasteiger partial charge in [-0.05, 0) is 25.7 Å². The Balaban J connectivity index is 2.43. The molecule has 0 aromatic rings. The van der Waals surface area contributed by atoms with Crippen molar-refractivity contribution in [2.45, 2.75) is 25.8 Å². The Kier molecular flexibility index (Phi) is 4.54. The SMILES string of the molecule is CCN(CC1CC1)C(=O)N[C@H](CO)C(=O)O. The molecule has 16 heavy (non-hydrogen) atoms. The molecule has 6 nitrogen and oxygen atoms in total. The third kappa shape index (κ3) is 3.69. The summed E-state index contributed by atoms with van der Waals surface area (Å²) in [6.07, 6.45) is 2.26. The molecular formula is C10H18N2O4. The first-order valence-electron chi connectivity index (χ1n) is 5.47. The Morgan fingerprint density at radius 1 is 1.50 bits per heavy atom. The summed E-state index contributed by atoms with van der Waals surface area (Å²) in [4.78, 5) is 23.8. The first kappa shape index (κ1) is 12.8. The van der Waals surface area contributed by atoms with Crippen LogP contribution in [0, 0.1) is 5.92 Å². The monoisotopic (exact) mass is 230 g/mol. The van der Waals surface area contributed by atoms with E-state index in [4.69, 9.17) is 10.2 Å². The Morgan fingerprint density at radius 2 is 2.12 bits per heavy atom. The van der Waals surface area contributed by atoms with Crippen molar-refractivity contribution in [1.29, 1.82) is 0 Å². The smallest absolute Gasteiger partial charge is 0.328 e. The van der Waals surface area contributed by atoms with E-state index in [1.54, 1.807) is 4.90 Å². The van der Waals surface area contributed by atoms with E-state index in [2.05, 4.69) is 5.32 Å². The van der Waals surface area contributed by atoms with Crippen molar-refractivity contribution in [1.82, 2.24) is 10.2 Å². The lowest BCUT2D eigenvalue weighted by Gasteiger charge is -2.23. The van der Waals surface area contributed by atoms with Crippen LogP contribution < -0.4 is 5.32 Å². The van der Waals surface area contributed by atoms with Crippen molar-refractivity contribution in [2.24, 2.45) is 5.92 Å². The van der Waals surface area contributed by atoms with Gasteiger partial charge in [-0.15, -0.1) is 0 Å². The standard InChI is InChI=1S/C10H18N2O4/c1-2-12(5-7-3-4-7)10(16)11-8(6-13)9(14)15/h7-8,13H,2-6H2,1H3,(H,11,16)(H,14,15)/t8-/m1/s1. The summed E-state index contributed by atoms with van der Waals surface area (Å²) < 4.78 is 0. The summed E-state index contributed by atoms with van der Waals surface area (Å²) in [6.45, 7) is 2.46. The fourth-order valence-electron chi connectivity index (χ4n) is 1.39. The van der Waals surface area contributed by atoms with Gasteiger partial charge in [0.1, 0.15) is 0 Å². The van der Waals surface area contributed by atoms with E-state index in [1.165, 1.54) is 0 Å². The highest BCUT2D eigenvalue weighted by molar-refractivity contribution is 5.82. The van der Waals surface area contributed by atoms with Gasteiger partial charge in [0, 0.05) is 13.1 Å². The van der Waals surface area contributed by atoms with Crippen molar-refractivity contribution in [3.63, 3.8) is 0 Å². The second kappa shape index (κ2) is 5.69. The highest BCUT2D eigenvalue weighted by atomic mass is 16.4. The third-order valence-corrected chi connectivity index (χ3v) is 2.62. The number of nitrogens with one attached hydrogen (secondary N) is 1. The van der Waals surface area contributed by atoms with Gasteiger partial charge in [0.25, 0.3) is 0 Å². The van der Waals surface area contributed by atoms with Gasteiger partial charge < -0.3 is 20.4 Å². The third-order valence-electron chi connectivity index (χ3n) is 2.62. The van der Waals surface area contributed by atoms with Crippen LogP contribution in [-0.4, -0.2) is 52.9 Å². The molecule has 1 saturated carbocycles. The highest BCUT2D eigenvalue weighted by Gasteiger charge is 2.27. The molecule has 1 fully saturated rings. The molecule has 0 bridgehead atoms. The first-order chi connectivity index (χ1) is 7.58. The van der Waals surface area contributed by atoms with Gasteiger partial charge in [0.15, 0.2) is 6.04 Å². The molecule has 0 saturated heterocycles. The number of hydrogen-bond acceptors (Lipinski definition) is 3. The minimum atomic E-state index is -1.22. The lowest BCUT2D eigenvalue weighted by Crippen LogP contribution is -2.50. The van der Waals surface area contributed by atoms with E-state index >= 15 is 0 Å². The van der Waals surface area contributed by atoms with Crippen molar-refractivity contribution < 1.29 is 19.8 Å². The predicted molar refractivity (Wildman–Crippen MR) is 57.0 cm³/mol. The number of nitrogens with zero attached hydrogens (tertiary/aromatic N) is 1. The van der Waals surface area contributed by atoms with Gasteiger partial charge in [-0.1, -0.05) is 0 Å². The molecule has 3 N–H and O–H groups in total. The van der Waals surface area contributed by atoms with E-state index < -0.39 is 24.6 Å². The summed E-state index contributed by atoms with van der Waals surface area (Å²) in [6, 6.07) is -1.64. The molecule has 1 aliphatic rings. The number of carboxylic acid groups (broad SMARTS) is 1.